The van der Waals surface area contributed by atoms with E-state index in [1.165, 1.54) is 44.1 Å². The van der Waals surface area contributed by atoms with Crippen LogP contribution in [-0.4, -0.2) is 15.0 Å². The standard InChI is InChI=1S/C46H36N4/c47-28-42-38-13-5-4-10-35(38)24-41-39(42)14-7-15-40(41)45-49-43(48-44(50-45)36-12-6-11-34(23-36)32-8-2-1-3-9-32)33-16-18-37(19-17-33)46-25-29-20-30(26-46)22-31(21-29)27-46/h1-19,23-24,29-31H,20-22,25-27H2. The van der Waals surface area contributed by atoms with Crippen molar-refractivity contribution >= 4 is 21.5 Å². The lowest BCUT2D eigenvalue weighted by molar-refractivity contribution is -0.00518. The predicted octanol–water partition coefficient (Wildman–Crippen LogP) is 11.2. The predicted molar refractivity (Wildman–Crippen MR) is 201 cm³/mol. The highest BCUT2D eigenvalue weighted by molar-refractivity contribution is 6.09. The third kappa shape index (κ3) is 4.83. The van der Waals surface area contributed by atoms with E-state index in [0.29, 0.717) is 28.5 Å². The van der Waals surface area contributed by atoms with Crippen LogP contribution in [0.5, 0.6) is 0 Å². The van der Waals surface area contributed by atoms with Crippen molar-refractivity contribution in [2.75, 3.05) is 0 Å². The highest BCUT2D eigenvalue weighted by Gasteiger charge is 2.51. The SMILES string of the molecule is N#Cc1c2ccccc2cc2c(-c3nc(-c4ccc(C56CC7CC(CC(C7)C5)C6)cc4)nc(-c4cccc(-c5ccccc5)c4)n3)cccc12. The van der Waals surface area contributed by atoms with Crippen LogP contribution in [-0.2, 0) is 5.41 Å². The second-order valence-corrected chi connectivity index (χ2v) is 15.0. The van der Waals surface area contributed by atoms with E-state index in [1.807, 2.05) is 36.4 Å². The highest BCUT2D eigenvalue weighted by atomic mass is 15.0. The third-order valence-corrected chi connectivity index (χ3v) is 11.9. The van der Waals surface area contributed by atoms with Gasteiger partial charge in [0.25, 0.3) is 0 Å². The van der Waals surface area contributed by atoms with Gasteiger partial charge < -0.3 is 0 Å². The molecule has 1 heterocycles. The van der Waals surface area contributed by atoms with Crippen LogP contribution in [0.1, 0.15) is 49.7 Å². The molecule has 11 rings (SSSR count). The summed E-state index contributed by atoms with van der Waals surface area (Å²) in [5, 5.41) is 14.1. The fourth-order valence-electron chi connectivity index (χ4n) is 10.1. The number of rotatable bonds is 5. The molecule has 7 aromatic rings. The van der Waals surface area contributed by atoms with Gasteiger partial charge in [0.05, 0.1) is 5.56 Å². The first-order valence-electron chi connectivity index (χ1n) is 18.0. The van der Waals surface area contributed by atoms with Crippen LogP contribution in [0.15, 0.2) is 127 Å². The van der Waals surface area contributed by atoms with Crippen LogP contribution in [0.2, 0.25) is 0 Å². The maximum absolute atomic E-state index is 10.3. The number of benzene rings is 6. The quantitative estimate of drug-likeness (QED) is 0.175. The molecule has 4 aliphatic rings. The van der Waals surface area contributed by atoms with Gasteiger partial charge in [-0.2, -0.15) is 5.26 Å². The molecule has 0 spiro atoms. The highest BCUT2D eigenvalue weighted by Crippen LogP contribution is 2.60. The molecule has 4 nitrogen and oxygen atoms in total. The minimum absolute atomic E-state index is 0.338. The first kappa shape index (κ1) is 29.3. The number of nitriles is 1. The molecule has 4 heteroatoms. The summed E-state index contributed by atoms with van der Waals surface area (Å²) in [5.41, 5.74) is 7.58. The Morgan fingerprint density at radius 3 is 1.84 bits per heavy atom. The van der Waals surface area contributed by atoms with E-state index >= 15 is 0 Å². The summed E-state index contributed by atoms with van der Waals surface area (Å²) in [6.45, 7) is 0. The maximum atomic E-state index is 10.3. The first-order chi connectivity index (χ1) is 24.6. The smallest absolute Gasteiger partial charge is 0.164 e. The molecule has 0 N–H and O–H groups in total. The van der Waals surface area contributed by atoms with E-state index in [4.69, 9.17) is 15.0 Å². The summed E-state index contributed by atoms with van der Waals surface area (Å²) in [7, 11) is 0. The van der Waals surface area contributed by atoms with Gasteiger partial charge in [0.15, 0.2) is 17.5 Å². The minimum Gasteiger partial charge on any atom is -0.208 e. The number of hydrogen-bond acceptors (Lipinski definition) is 4. The van der Waals surface area contributed by atoms with Gasteiger partial charge >= 0.3 is 0 Å². The monoisotopic (exact) mass is 644 g/mol. The lowest BCUT2D eigenvalue weighted by Gasteiger charge is -2.57. The molecule has 50 heavy (non-hydrogen) atoms. The molecule has 4 bridgehead atoms. The molecular weight excluding hydrogens is 609 g/mol. The molecular formula is C46H36N4. The molecule has 6 aromatic carbocycles. The second-order valence-electron chi connectivity index (χ2n) is 15.0. The summed E-state index contributed by atoms with van der Waals surface area (Å²) in [4.78, 5) is 15.5. The maximum Gasteiger partial charge on any atom is 0.164 e. The minimum atomic E-state index is 0.338. The Bertz CT molecular complexity index is 2440. The average Bonchev–Trinajstić information content (AvgIpc) is 3.16. The van der Waals surface area contributed by atoms with E-state index in [2.05, 4.69) is 97.1 Å². The van der Waals surface area contributed by atoms with Crippen molar-refractivity contribution in [3.63, 3.8) is 0 Å². The summed E-state index contributed by atoms with van der Waals surface area (Å²) in [5.74, 6) is 4.60. The van der Waals surface area contributed by atoms with Crippen LogP contribution in [0, 0.1) is 29.1 Å². The Hall–Kier alpha value is -5.66. The number of hydrogen-bond donors (Lipinski definition) is 0. The second kappa shape index (κ2) is 11.5. The Morgan fingerprint density at radius 2 is 1.10 bits per heavy atom. The molecule has 4 fully saturated rings. The molecule has 4 saturated carbocycles. The zero-order chi connectivity index (χ0) is 33.2. The first-order valence-corrected chi connectivity index (χ1v) is 18.0. The van der Waals surface area contributed by atoms with E-state index in [0.717, 1.165) is 67.1 Å². The molecule has 0 amide bonds. The Morgan fingerprint density at radius 1 is 0.500 bits per heavy atom. The molecule has 0 radical (unpaired) electrons. The van der Waals surface area contributed by atoms with Gasteiger partial charge in [-0.3, -0.25) is 0 Å². The van der Waals surface area contributed by atoms with Crippen molar-refractivity contribution in [2.45, 2.75) is 43.9 Å². The van der Waals surface area contributed by atoms with Crippen molar-refractivity contribution < 1.29 is 0 Å². The largest absolute Gasteiger partial charge is 0.208 e. The van der Waals surface area contributed by atoms with Gasteiger partial charge in [0.1, 0.15) is 6.07 Å². The average molecular weight is 645 g/mol. The summed E-state index contributed by atoms with van der Waals surface area (Å²) >= 11 is 0. The van der Waals surface area contributed by atoms with Crippen molar-refractivity contribution in [3.8, 4) is 51.4 Å². The van der Waals surface area contributed by atoms with Gasteiger partial charge in [-0.05, 0) is 101 Å². The fraction of sp³-hybridized carbons (Fsp3) is 0.217. The molecule has 240 valence electrons. The molecule has 4 aliphatic carbocycles. The number of nitrogens with zero attached hydrogens (tertiary/aromatic N) is 4. The zero-order valence-corrected chi connectivity index (χ0v) is 27.9. The van der Waals surface area contributed by atoms with Crippen molar-refractivity contribution in [3.05, 3.63) is 139 Å². The molecule has 0 aliphatic heterocycles. The van der Waals surface area contributed by atoms with Crippen molar-refractivity contribution in [2.24, 2.45) is 17.8 Å². The normalized spacial score (nSPS) is 22.2. The lowest BCUT2D eigenvalue weighted by atomic mass is 9.48. The van der Waals surface area contributed by atoms with E-state index < -0.39 is 0 Å². The van der Waals surface area contributed by atoms with E-state index in [9.17, 15) is 5.26 Å². The lowest BCUT2D eigenvalue weighted by Crippen LogP contribution is -2.48. The molecule has 0 saturated heterocycles. The van der Waals surface area contributed by atoms with Crippen LogP contribution >= 0.6 is 0 Å². The van der Waals surface area contributed by atoms with E-state index in [-0.39, 0.29) is 0 Å². The van der Waals surface area contributed by atoms with Crippen molar-refractivity contribution in [1.82, 2.24) is 15.0 Å². The van der Waals surface area contributed by atoms with Gasteiger partial charge in [-0.1, -0.05) is 115 Å². The van der Waals surface area contributed by atoms with Gasteiger partial charge in [-0.15, -0.1) is 0 Å². The Labute approximate surface area is 292 Å². The molecule has 1 aromatic heterocycles. The third-order valence-electron chi connectivity index (χ3n) is 11.9. The summed E-state index contributed by atoms with van der Waals surface area (Å²) < 4.78 is 0. The van der Waals surface area contributed by atoms with Crippen LogP contribution in [0.3, 0.4) is 0 Å². The topological polar surface area (TPSA) is 62.5 Å². The molecule has 0 unspecified atom stereocenters. The molecule has 0 atom stereocenters. The van der Waals surface area contributed by atoms with Crippen LogP contribution in [0.4, 0.5) is 0 Å². The summed E-state index contributed by atoms with van der Waals surface area (Å²) in [6.07, 6.45) is 8.36. The number of aromatic nitrogens is 3. The van der Waals surface area contributed by atoms with Crippen molar-refractivity contribution in [1.29, 1.82) is 5.26 Å². The number of fused-ring (bicyclic) bond motifs is 2. The van der Waals surface area contributed by atoms with Crippen LogP contribution < -0.4 is 0 Å². The Kier molecular flexibility index (Phi) is 6.71. The van der Waals surface area contributed by atoms with Gasteiger partial charge in [-0.25, -0.2) is 15.0 Å². The van der Waals surface area contributed by atoms with E-state index in [1.54, 1.807) is 0 Å². The van der Waals surface area contributed by atoms with Gasteiger partial charge in [0.2, 0.25) is 0 Å². The zero-order valence-electron chi connectivity index (χ0n) is 27.9. The van der Waals surface area contributed by atoms with Gasteiger partial charge in [0, 0.05) is 27.5 Å². The fourth-order valence-corrected chi connectivity index (χ4v) is 10.1. The van der Waals surface area contributed by atoms with Crippen LogP contribution in [0.25, 0.3) is 66.8 Å². The Balaban J connectivity index is 1.13. The summed E-state index contributed by atoms with van der Waals surface area (Å²) in [6, 6.07) is 46.9.